The van der Waals surface area contributed by atoms with Gasteiger partial charge in [-0.1, -0.05) is 11.8 Å². The minimum Gasteiger partial charge on any atom is -0.396 e. The number of aliphatic hydroxyl groups is 1. The molecule has 0 heterocycles. The van der Waals surface area contributed by atoms with Crippen molar-refractivity contribution in [1.29, 1.82) is 0 Å². The zero-order valence-electron chi connectivity index (χ0n) is 6.28. The van der Waals surface area contributed by atoms with Gasteiger partial charge in [0.15, 0.2) is 0 Å². The van der Waals surface area contributed by atoms with Crippen LogP contribution in [0.15, 0.2) is 0 Å². The Labute approximate surface area is 62.5 Å². The lowest BCUT2D eigenvalue weighted by Gasteiger charge is -1.86. The Morgan fingerprint density at radius 3 is 2.60 bits per heavy atom. The SMILES string of the molecule is CC#CC#CCCCCO. The molecular formula is C9H12O. The van der Waals surface area contributed by atoms with Crippen LogP contribution in [0, 0.1) is 23.7 Å². The largest absolute Gasteiger partial charge is 0.396 e. The summed E-state index contributed by atoms with van der Waals surface area (Å²) in [5.41, 5.74) is 0. The summed E-state index contributed by atoms with van der Waals surface area (Å²) in [4.78, 5) is 0. The van der Waals surface area contributed by atoms with Crippen LogP contribution in [0.3, 0.4) is 0 Å². The highest BCUT2D eigenvalue weighted by molar-refractivity contribution is 5.24. The minimum atomic E-state index is 0.265. The summed E-state index contributed by atoms with van der Waals surface area (Å²) in [6.07, 6.45) is 2.65. The predicted molar refractivity (Wildman–Crippen MR) is 42.2 cm³/mol. The van der Waals surface area contributed by atoms with E-state index in [1.54, 1.807) is 6.92 Å². The molecule has 10 heavy (non-hydrogen) atoms. The monoisotopic (exact) mass is 136 g/mol. The molecule has 1 nitrogen and oxygen atoms in total. The Balaban J connectivity index is 3.17. The van der Waals surface area contributed by atoms with Crippen molar-refractivity contribution >= 4 is 0 Å². The maximum atomic E-state index is 8.39. The van der Waals surface area contributed by atoms with Crippen LogP contribution in [0.5, 0.6) is 0 Å². The average Bonchev–Trinajstić information content (AvgIpc) is 1.97. The maximum Gasteiger partial charge on any atom is 0.0431 e. The molecule has 0 aromatic rings. The van der Waals surface area contributed by atoms with Crippen LogP contribution < -0.4 is 0 Å². The molecule has 0 saturated heterocycles. The van der Waals surface area contributed by atoms with E-state index in [0.29, 0.717) is 0 Å². The number of hydrogen-bond acceptors (Lipinski definition) is 1. The molecule has 0 aromatic heterocycles. The van der Waals surface area contributed by atoms with Gasteiger partial charge in [0.25, 0.3) is 0 Å². The molecule has 0 saturated carbocycles. The lowest BCUT2D eigenvalue weighted by molar-refractivity contribution is 0.285. The predicted octanol–water partition coefficient (Wildman–Crippen LogP) is 1.18. The second-order valence-corrected chi connectivity index (χ2v) is 1.86. The molecular weight excluding hydrogens is 124 g/mol. The number of aliphatic hydroxyl groups excluding tert-OH is 1. The molecule has 0 spiro atoms. The molecule has 0 amide bonds. The molecule has 0 unspecified atom stereocenters. The van der Waals surface area contributed by atoms with Gasteiger partial charge >= 0.3 is 0 Å². The van der Waals surface area contributed by atoms with Gasteiger partial charge in [-0.05, 0) is 31.6 Å². The number of rotatable bonds is 3. The summed E-state index contributed by atoms with van der Waals surface area (Å²) < 4.78 is 0. The van der Waals surface area contributed by atoms with Gasteiger partial charge in [0, 0.05) is 13.0 Å². The van der Waals surface area contributed by atoms with Crippen LogP contribution in [-0.4, -0.2) is 11.7 Å². The summed E-state index contributed by atoms with van der Waals surface area (Å²) in [6.45, 7) is 2.03. The third-order valence-electron chi connectivity index (χ3n) is 0.986. The van der Waals surface area contributed by atoms with Gasteiger partial charge in [-0.15, -0.1) is 0 Å². The zero-order valence-corrected chi connectivity index (χ0v) is 6.28. The highest BCUT2D eigenvalue weighted by Gasteiger charge is 1.79. The van der Waals surface area contributed by atoms with Gasteiger partial charge in [0.05, 0.1) is 0 Å². The third kappa shape index (κ3) is 7.08. The summed E-state index contributed by atoms with van der Waals surface area (Å²) in [5.74, 6) is 10.9. The molecule has 0 aliphatic heterocycles. The summed E-state index contributed by atoms with van der Waals surface area (Å²) >= 11 is 0. The first-order valence-electron chi connectivity index (χ1n) is 3.42. The average molecular weight is 136 g/mol. The molecule has 54 valence electrons. The zero-order chi connectivity index (χ0) is 7.66. The lowest BCUT2D eigenvalue weighted by atomic mass is 10.2. The summed E-state index contributed by atoms with van der Waals surface area (Å²) in [6, 6.07) is 0. The number of hydrogen-bond donors (Lipinski definition) is 1. The summed E-state index contributed by atoms with van der Waals surface area (Å²) in [5, 5.41) is 8.39. The first-order chi connectivity index (χ1) is 4.91. The molecule has 0 aromatic carbocycles. The normalized spacial score (nSPS) is 7.00. The van der Waals surface area contributed by atoms with Crippen molar-refractivity contribution in [3.63, 3.8) is 0 Å². The van der Waals surface area contributed by atoms with Crippen molar-refractivity contribution in [3.05, 3.63) is 0 Å². The van der Waals surface area contributed by atoms with Gasteiger partial charge < -0.3 is 5.11 Å². The van der Waals surface area contributed by atoms with Crippen molar-refractivity contribution in [1.82, 2.24) is 0 Å². The fourth-order valence-electron chi connectivity index (χ4n) is 0.494. The molecule has 0 atom stereocenters. The first kappa shape index (κ1) is 9.08. The highest BCUT2D eigenvalue weighted by atomic mass is 16.2. The van der Waals surface area contributed by atoms with Crippen LogP contribution in [-0.2, 0) is 0 Å². The van der Waals surface area contributed by atoms with E-state index >= 15 is 0 Å². The molecule has 0 aliphatic carbocycles. The van der Waals surface area contributed by atoms with Crippen molar-refractivity contribution in [2.24, 2.45) is 0 Å². The highest BCUT2D eigenvalue weighted by Crippen LogP contribution is 1.90. The Kier molecular flexibility index (Phi) is 7.34. The van der Waals surface area contributed by atoms with E-state index in [4.69, 9.17) is 5.11 Å². The van der Waals surface area contributed by atoms with Gasteiger partial charge in [-0.25, -0.2) is 0 Å². The maximum absolute atomic E-state index is 8.39. The lowest BCUT2D eigenvalue weighted by Crippen LogP contribution is -1.80. The number of unbranched alkanes of at least 4 members (excludes halogenated alkanes) is 2. The van der Waals surface area contributed by atoms with Crippen molar-refractivity contribution in [3.8, 4) is 23.7 Å². The van der Waals surface area contributed by atoms with E-state index in [2.05, 4.69) is 23.7 Å². The van der Waals surface area contributed by atoms with E-state index in [0.717, 1.165) is 19.3 Å². The van der Waals surface area contributed by atoms with E-state index in [9.17, 15) is 0 Å². The van der Waals surface area contributed by atoms with Crippen LogP contribution in [0.2, 0.25) is 0 Å². The van der Waals surface area contributed by atoms with Crippen LogP contribution in [0.25, 0.3) is 0 Å². The molecule has 1 heteroatoms. The Morgan fingerprint density at radius 2 is 2.00 bits per heavy atom. The fraction of sp³-hybridized carbons (Fsp3) is 0.556. The fourth-order valence-corrected chi connectivity index (χ4v) is 0.494. The molecule has 0 fully saturated rings. The minimum absolute atomic E-state index is 0.265. The van der Waals surface area contributed by atoms with E-state index in [1.165, 1.54) is 0 Å². The van der Waals surface area contributed by atoms with E-state index in [1.807, 2.05) is 0 Å². The van der Waals surface area contributed by atoms with E-state index in [-0.39, 0.29) is 6.61 Å². The van der Waals surface area contributed by atoms with Crippen molar-refractivity contribution in [2.75, 3.05) is 6.61 Å². The van der Waals surface area contributed by atoms with E-state index < -0.39 is 0 Å². The quantitative estimate of drug-likeness (QED) is 0.456. The van der Waals surface area contributed by atoms with Gasteiger partial charge in [-0.3, -0.25) is 0 Å². The van der Waals surface area contributed by atoms with Crippen LogP contribution >= 0.6 is 0 Å². The third-order valence-corrected chi connectivity index (χ3v) is 0.986. The Bertz CT molecular complexity index is 172. The topological polar surface area (TPSA) is 20.2 Å². The van der Waals surface area contributed by atoms with Crippen LogP contribution in [0.1, 0.15) is 26.2 Å². The van der Waals surface area contributed by atoms with Crippen molar-refractivity contribution in [2.45, 2.75) is 26.2 Å². The van der Waals surface area contributed by atoms with Gasteiger partial charge in [0.1, 0.15) is 0 Å². The van der Waals surface area contributed by atoms with Crippen molar-refractivity contribution < 1.29 is 5.11 Å². The Hall–Kier alpha value is -0.920. The Morgan fingerprint density at radius 1 is 1.20 bits per heavy atom. The smallest absolute Gasteiger partial charge is 0.0431 e. The van der Waals surface area contributed by atoms with Gasteiger partial charge in [-0.2, -0.15) is 0 Å². The molecule has 1 N–H and O–H groups in total. The second-order valence-electron chi connectivity index (χ2n) is 1.86. The molecule has 0 radical (unpaired) electrons. The van der Waals surface area contributed by atoms with Gasteiger partial charge in [0.2, 0.25) is 0 Å². The first-order valence-corrected chi connectivity index (χ1v) is 3.42. The molecule has 0 rings (SSSR count). The molecule has 0 bridgehead atoms. The second kappa shape index (κ2) is 8.08. The van der Waals surface area contributed by atoms with Crippen LogP contribution in [0.4, 0.5) is 0 Å². The standard InChI is InChI=1S/C9H12O/c1-2-3-4-5-6-7-8-9-10/h10H,6-9H2,1H3. The molecule has 0 aliphatic rings. The summed E-state index contributed by atoms with van der Waals surface area (Å²) in [7, 11) is 0.